The first kappa shape index (κ1) is 33.3. The lowest BCUT2D eigenvalue weighted by Crippen LogP contribution is -2.54. The van der Waals surface area contributed by atoms with Gasteiger partial charge in [-0.1, -0.05) is 153 Å². The summed E-state index contributed by atoms with van der Waals surface area (Å²) in [5.74, 6) is 0.397. The van der Waals surface area contributed by atoms with Crippen LogP contribution >= 0.6 is 0 Å². The molecule has 2 aliphatic heterocycles. The molecule has 4 heterocycles. The van der Waals surface area contributed by atoms with Crippen LogP contribution < -0.4 is 10.9 Å². The third-order valence-electron chi connectivity index (χ3n) is 15.2. The molecule has 6 aromatic carbocycles. The SMILES string of the molecule is CC1(C)c2ccccc2-c2cc3c4cccc5c4n(c3cc21)-c1cc(-c2ccccc2)cc2c1B5C1=C3CCC=CC3Cc3c(-c4ccccc4)c(C4=CCCC=C4)n-2c31. The molecule has 8 aromatic rings. The summed E-state index contributed by atoms with van der Waals surface area (Å²) in [6.45, 7) is 4.96. The molecular weight excluding hydrogens is 723 g/mol. The highest BCUT2D eigenvalue weighted by Crippen LogP contribution is 2.55. The molecule has 0 amide bonds. The predicted molar refractivity (Wildman–Crippen MR) is 252 cm³/mol. The normalized spacial score (nSPS) is 18.3. The monoisotopic (exact) mass is 766 g/mol. The smallest absolute Gasteiger partial charge is 0.252 e. The average molecular weight is 767 g/mol. The van der Waals surface area contributed by atoms with Gasteiger partial charge in [-0.25, -0.2) is 0 Å². The van der Waals surface area contributed by atoms with Crippen LogP contribution in [0.2, 0.25) is 0 Å². The van der Waals surface area contributed by atoms with E-state index in [1.807, 2.05) is 0 Å². The molecule has 6 aliphatic rings. The van der Waals surface area contributed by atoms with Crippen LogP contribution in [-0.4, -0.2) is 15.8 Å². The molecule has 0 radical (unpaired) electrons. The molecule has 14 rings (SSSR count). The minimum atomic E-state index is -0.0965. The number of rotatable bonds is 3. The van der Waals surface area contributed by atoms with Crippen molar-refractivity contribution in [2.45, 2.75) is 51.4 Å². The molecule has 3 heteroatoms. The van der Waals surface area contributed by atoms with Crippen molar-refractivity contribution in [1.82, 2.24) is 9.13 Å². The zero-order valence-corrected chi connectivity index (χ0v) is 34.1. The molecule has 284 valence electrons. The molecule has 0 fully saturated rings. The quantitative estimate of drug-likeness (QED) is 0.125. The van der Waals surface area contributed by atoms with Gasteiger partial charge in [0.25, 0.3) is 6.71 Å². The molecular formula is C57H43BN2. The lowest BCUT2D eigenvalue weighted by Gasteiger charge is -2.41. The molecule has 0 spiro atoms. The first-order chi connectivity index (χ1) is 29.6. The van der Waals surface area contributed by atoms with E-state index in [0.717, 1.165) is 32.1 Å². The Morgan fingerprint density at radius 3 is 2.23 bits per heavy atom. The first-order valence-corrected chi connectivity index (χ1v) is 22.1. The number of para-hydroxylation sites is 1. The maximum absolute atomic E-state index is 2.77. The van der Waals surface area contributed by atoms with Gasteiger partial charge in [-0.3, -0.25) is 0 Å². The van der Waals surface area contributed by atoms with Crippen molar-refractivity contribution < 1.29 is 0 Å². The van der Waals surface area contributed by atoms with E-state index in [1.54, 1.807) is 11.0 Å². The molecule has 1 atom stereocenters. The topological polar surface area (TPSA) is 9.86 Å². The fraction of sp³-hybridized carbons (Fsp3) is 0.158. The summed E-state index contributed by atoms with van der Waals surface area (Å²) in [4.78, 5) is 0. The summed E-state index contributed by atoms with van der Waals surface area (Å²) >= 11 is 0. The number of hydrogen-bond acceptors (Lipinski definition) is 0. The maximum atomic E-state index is 2.77. The van der Waals surface area contributed by atoms with Crippen LogP contribution in [0.3, 0.4) is 0 Å². The molecule has 1 unspecified atom stereocenters. The van der Waals surface area contributed by atoms with Crippen LogP contribution in [0.4, 0.5) is 0 Å². The minimum Gasteiger partial charge on any atom is -0.310 e. The molecule has 4 aliphatic carbocycles. The molecule has 0 N–H and O–H groups in total. The van der Waals surface area contributed by atoms with Gasteiger partial charge in [-0.15, -0.1) is 0 Å². The lowest BCUT2D eigenvalue weighted by molar-refractivity contribution is 0.661. The second-order valence-corrected chi connectivity index (χ2v) is 18.5. The molecule has 2 aromatic heterocycles. The van der Waals surface area contributed by atoms with Gasteiger partial charge in [0.05, 0.1) is 11.2 Å². The van der Waals surface area contributed by atoms with E-state index in [0.29, 0.717) is 5.92 Å². The van der Waals surface area contributed by atoms with Gasteiger partial charge in [0.1, 0.15) is 0 Å². The predicted octanol–water partition coefficient (Wildman–Crippen LogP) is 12.7. The van der Waals surface area contributed by atoms with E-state index in [2.05, 4.69) is 181 Å². The van der Waals surface area contributed by atoms with Crippen molar-refractivity contribution in [3.05, 3.63) is 191 Å². The minimum absolute atomic E-state index is 0.0965. The highest BCUT2D eigenvalue weighted by atomic mass is 15.1. The number of allylic oxidation sites excluding steroid dienone is 7. The van der Waals surface area contributed by atoms with E-state index < -0.39 is 0 Å². The largest absolute Gasteiger partial charge is 0.310 e. The third kappa shape index (κ3) is 4.15. The number of benzene rings is 6. The summed E-state index contributed by atoms with van der Waals surface area (Å²) in [6, 6.07) is 49.0. The van der Waals surface area contributed by atoms with Gasteiger partial charge < -0.3 is 9.13 Å². The summed E-state index contributed by atoms with van der Waals surface area (Å²) in [7, 11) is 0. The summed E-state index contributed by atoms with van der Waals surface area (Å²) in [5.41, 5.74) is 27.9. The van der Waals surface area contributed by atoms with E-state index in [9.17, 15) is 0 Å². The van der Waals surface area contributed by atoms with Gasteiger partial charge in [-0.2, -0.15) is 0 Å². The first-order valence-electron chi connectivity index (χ1n) is 22.1. The van der Waals surface area contributed by atoms with Crippen molar-refractivity contribution in [2.24, 2.45) is 5.92 Å². The van der Waals surface area contributed by atoms with E-state index in [-0.39, 0.29) is 12.1 Å². The van der Waals surface area contributed by atoms with Gasteiger partial charge >= 0.3 is 0 Å². The van der Waals surface area contributed by atoms with Crippen LogP contribution in [0.15, 0.2) is 163 Å². The Hall–Kier alpha value is -6.58. The van der Waals surface area contributed by atoms with Crippen molar-refractivity contribution in [1.29, 1.82) is 0 Å². The van der Waals surface area contributed by atoms with E-state index in [4.69, 9.17) is 0 Å². The lowest BCUT2D eigenvalue weighted by atomic mass is 9.31. The number of fused-ring (bicyclic) bond motifs is 11. The van der Waals surface area contributed by atoms with Crippen LogP contribution in [0.1, 0.15) is 67.6 Å². The molecule has 2 nitrogen and oxygen atoms in total. The Kier molecular flexibility index (Phi) is 6.54. The number of hydrogen-bond donors (Lipinski definition) is 0. The summed E-state index contributed by atoms with van der Waals surface area (Å²) in [5, 5.41) is 2.70. The second-order valence-electron chi connectivity index (χ2n) is 18.5. The van der Waals surface area contributed by atoms with Crippen molar-refractivity contribution in [3.63, 3.8) is 0 Å². The Morgan fingerprint density at radius 1 is 0.633 bits per heavy atom. The average Bonchev–Trinajstić information content (AvgIpc) is 3.90. The highest BCUT2D eigenvalue weighted by molar-refractivity contribution is 7.03. The van der Waals surface area contributed by atoms with Gasteiger partial charge in [0.2, 0.25) is 0 Å². The summed E-state index contributed by atoms with van der Waals surface area (Å²) < 4.78 is 5.46. The zero-order chi connectivity index (χ0) is 39.4. The van der Waals surface area contributed by atoms with Gasteiger partial charge in [-0.05, 0) is 123 Å². The second kappa shape index (κ2) is 11.8. The highest BCUT2D eigenvalue weighted by Gasteiger charge is 2.48. The molecule has 0 saturated heterocycles. The van der Waals surface area contributed by atoms with Gasteiger partial charge in [0, 0.05) is 50.3 Å². The Balaban J connectivity index is 1.18. The standard InChI is InChI=1S/C57H43BN2/c1-57(2)45-27-15-14-25-40(45)42-32-43-41-26-16-28-47-55(41)59(48(43)33-46(42)57)49-30-38(34-17-6-3-7-18-34)31-50-53(49)58(47)52-39-24-13-12-23-37(39)29-44-51(35-19-8-4-9-20-35)54(60(50)56(44)52)36-21-10-5-11-22-36/h3-4,6-10,12,14-23,25-28,30-33,37H,5,11,13,24,29H2,1-2H3. The van der Waals surface area contributed by atoms with E-state index in [1.165, 1.54) is 111 Å². The van der Waals surface area contributed by atoms with Crippen LogP contribution in [0.25, 0.3) is 77.6 Å². The fourth-order valence-electron chi connectivity index (χ4n) is 12.7. The van der Waals surface area contributed by atoms with Gasteiger partial charge in [0.15, 0.2) is 0 Å². The Labute approximate surface area is 351 Å². The third-order valence-corrected chi connectivity index (χ3v) is 15.2. The van der Waals surface area contributed by atoms with Crippen LogP contribution in [0.5, 0.6) is 0 Å². The molecule has 0 bridgehead atoms. The van der Waals surface area contributed by atoms with E-state index >= 15 is 0 Å². The zero-order valence-electron chi connectivity index (χ0n) is 34.1. The van der Waals surface area contributed by atoms with Crippen molar-refractivity contribution in [2.75, 3.05) is 0 Å². The molecule has 60 heavy (non-hydrogen) atoms. The van der Waals surface area contributed by atoms with Crippen LogP contribution in [-0.2, 0) is 11.8 Å². The van der Waals surface area contributed by atoms with Crippen molar-refractivity contribution in [3.8, 4) is 44.8 Å². The Morgan fingerprint density at radius 2 is 1.42 bits per heavy atom. The summed E-state index contributed by atoms with van der Waals surface area (Å²) in [6.07, 6.45) is 17.7. The number of nitrogens with zero attached hydrogens (tertiary/aromatic N) is 2. The fourth-order valence-corrected chi connectivity index (χ4v) is 12.7. The molecule has 0 saturated carbocycles. The maximum Gasteiger partial charge on any atom is 0.252 e. The Bertz CT molecular complexity index is 3360. The number of aromatic nitrogens is 2. The van der Waals surface area contributed by atoms with Crippen molar-refractivity contribution >= 4 is 50.5 Å². The van der Waals surface area contributed by atoms with Crippen LogP contribution in [0, 0.1) is 5.92 Å².